The summed E-state index contributed by atoms with van der Waals surface area (Å²) in [5.74, 6) is 0. The second-order valence-corrected chi connectivity index (χ2v) is 0.250. The van der Waals surface area contributed by atoms with E-state index in [2.05, 4.69) is 0 Å². The van der Waals surface area contributed by atoms with Crippen LogP contribution in [0, 0.1) is 41.7 Å². The number of hydrogen-bond acceptors (Lipinski definition) is 3. The molecule has 0 aliphatic rings. The van der Waals surface area contributed by atoms with Crippen LogP contribution >= 0.6 is 0 Å². The number of carbonyl (C=O) groups excluding carboxylic acids is 1. The molecule has 0 unspecified atom stereocenters. The third-order valence-electron chi connectivity index (χ3n) is 0. The molecule has 0 aliphatic carbocycles. The zero-order chi connectivity index (χ0) is 3.58. The summed E-state index contributed by atoms with van der Waals surface area (Å²) in [6, 6.07) is 0. The van der Waals surface area contributed by atoms with Crippen LogP contribution in [0.15, 0.2) is 0 Å². The van der Waals surface area contributed by atoms with Crippen LogP contribution in [0.25, 0.3) is 0 Å². The molecule has 0 saturated heterocycles. The summed E-state index contributed by atoms with van der Waals surface area (Å²) in [5.41, 5.74) is 0. The molecule has 0 N–H and O–H groups in total. The second-order valence-electron chi connectivity index (χ2n) is 0.250. The summed E-state index contributed by atoms with van der Waals surface area (Å²) in [5, 5.41) is 16.7. The fourth-order valence-electron chi connectivity index (χ4n) is 0. The van der Waals surface area contributed by atoms with E-state index in [-0.39, 0.29) is 46.5 Å². The third kappa shape index (κ3) is 176. The molecule has 33 valence electrons. The van der Waals surface area contributed by atoms with Gasteiger partial charge >= 0.3 is 41.7 Å². The Morgan fingerprint density at radius 2 is 1.33 bits per heavy atom. The molecule has 0 aromatic heterocycles. The summed E-state index contributed by atoms with van der Waals surface area (Å²) in [7, 11) is 0. The van der Waals surface area contributed by atoms with Crippen molar-refractivity contribution in [3.63, 3.8) is 0 Å². The van der Waals surface area contributed by atoms with E-state index in [4.69, 9.17) is 15.0 Å². The van der Waals surface area contributed by atoms with Gasteiger partial charge in [-0.3, -0.25) is 0 Å². The van der Waals surface area contributed by atoms with Gasteiger partial charge in [-0.05, 0) is 6.16 Å². The van der Waals surface area contributed by atoms with Crippen molar-refractivity contribution in [1.29, 1.82) is 0 Å². The molecule has 3 nitrogen and oxygen atoms in total. The smallest absolute Gasteiger partial charge is 1.00 e. The molecule has 0 aliphatic heterocycles. The zero-order valence-corrected chi connectivity index (χ0v) is 5.74. The number of hydrogen-bond donors (Lipinski definition) is 0. The molecule has 0 aromatic carbocycles. The molecule has 0 fully saturated rings. The normalized spacial score (nSPS) is 4.00. The van der Waals surface area contributed by atoms with E-state index in [1.807, 2.05) is 0 Å². The van der Waals surface area contributed by atoms with E-state index in [1.165, 1.54) is 0 Å². The van der Waals surface area contributed by atoms with Crippen LogP contribution in [0.4, 0.5) is 4.79 Å². The average molecular weight is 219 g/mol. The van der Waals surface area contributed by atoms with Crippen LogP contribution in [0.5, 0.6) is 0 Å². The van der Waals surface area contributed by atoms with Crippen molar-refractivity contribution >= 4 is 6.16 Å². The molecule has 0 amide bonds. The first-order chi connectivity index (χ1) is 1.73. The summed E-state index contributed by atoms with van der Waals surface area (Å²) in [6.07, 6.45) is -2.33. The Morgan fingerprint density at radius 3 is 1.33 bits per heavy atom. The average Bonchev–Trinajstić information content (AvgIpc) is 0.811. The topological polar surface area (TPSA) is 63.2 Å². The molecule has 0 rings (SSSR count). The molecule has 5 heteroatoms. The van der Waals surface area contributed by atoms with Crippen molar-refractivity contribution in [3.05, 3.63) is 0 Å². The second kappa shape index (κ2) is 9.13. The Balaban J connectivity index is -0.0000000450. The maximum atomic E-state index is 8.33. The van der Waals surface area contributed by atoms with Gasteiger partial charge in [-0.1, -0.05) is 0 Å². The van der Waals surface area contributed by atoms with Gasteiger partial charge < -0.3 is 19.7 Å². The van der Waals surface area contributed by atoms with Crippen LogP contribution < -0.4 is 14.9 Å². The van der Waals surface area contributed by atoms with Crippen molar-refractivity contribution < 1.29 is 61.5 Å². The Hall–Kier alpha value is 0.577. The maximum Gasteiger partial charge on any atom is 3.00 e. The summed E-state index contributed by atoms with van der Waals surface area (Å²) < 4.78 is 0. The first kappa shape index (κ1) is 16.0. The summed E-state index contributed by atoms with van der Waals surface area (Å²) in [4.78, 5) is 8.33. The van der Waals surface area contributed by atoms with Crippen molar-refractivity contribution in [2.24, 2.45) is 0 Å². The maximum absolute atomic E-state index is 8.33. The minimum absolute atomic E-state index is 0. The van der Waals surface area contributed by atoms with E-state index < -0.39 is 6.16 Å². The van der Waals surface area contributed by atoms with Crippen LogP contribution in [0.2, 0.25) is 0 Å². The Kier molecular flexibility index (Phi) is 24.3. The number of rotatable bonds is 0. The van der Waals surface area contributed by atoms with Gasteiger partial charge in [0, 0.05) is 0 Å². The van der Waals surface area contributed by atoms with Crippen molar-refractivity contribution in [1.82, 2.24) is 0 Å². The molecule has 0 saturated carbocycles. The fourth-order valence-corrected chi connectivity index (χ4v) is 0. The Morgan fingerprint density at radius 1 is 1.33 bits per heavy atom. The van der Waals surface area contributed by atoms with E-state index >= 15 is 0 Å². The standard InChI is InChI=1S/CH2O3.Ce.FH/c2-1(3)4;;/h(H2,2,3,4);;1H/q;+3;/p-3. The van der Waals surface area contributed by atoms with Crippen LogP contribution in [0.3, 0.4) is 0 Å². The molecule has 6 heavy (non-hydrogen) atoms. The molecular weight excluding hydrogens is 219 g/mol. The first-order valence-electron chi connectivity index (χ1n) is 0.612. The monoisotopic (exact) mass is 219 g/mol. The van der Waals surface area contributed by atoms with Crippen molar-refractivity contribution in [3.8, 4) is 0 Å². The molecule has 0 bridgehead atoms. The number of carboxylic acid groups (broad SMARTS) is 2. The summed E-state index contributed by atoms with van der Waals surface area (Å²) in [6.45, 7) is 0. The molecule has 1 radical (unpaired) electrons. The largest absolute Gasteiger partial charge is 3.00 e. The quantitative estimate of drug-likeness (QED) is 0.408. The number of halogens is 1. The minimum Gasteiger partial charge on any atom is -1.00 e. The molecule has 0 aromatic rings. The third-order valence-corrected chi connectivity index (χ3v) is 0. The van der Waals surface area contributed by atoms with Crippen LogP contribution in [-0.2, 0) is 0 Å². The van der Waals surface area contributed by atoms with Crippen molar-refractivity contribution in [2.45, 2.75) is 0 Å². The predicted molar refractivity (Wildman–Crippen MR) is 5.40 cm³/mol. The molecule has 0 spiro atoms. The van der Waals surface area contributed by atoms with E-state index in [0.717, 1.165) is 0 Å². The Bertz CT molecular complexity index is 33.8. The predicted octanol–water partition coefficient (Wildman–Crippen LogP) is -5.44. The SMILES string of the molecule is O=C([O-])[O-].[Ce+3].[F-]. The summed E-state index contributed by atoms with van der Waals surface area (Å²) >= 11 is 0. The minimum atomic E-state index is -2.33. The van der Waals surface area contributed by atoms with E-state index in [0.29, 0.717) is 0 Å². The van der Waals surface area contributed by atoms with Crippen LogP contribution in [0.1, 0.15) is 0 Å². The van der Waals surface area contributed by atoms with Crippen molar-refractivity contribution in [2.75, 3.05) is 0 Å². The van der Waals surface area contributed by atoms with Gasteiger partial charge in [0.15, 0.2) is 0 Å². The molecule has 0 heterocycles. The van der Waals surface area contributed by atoms with Crippen LogP contribution in [-0.4, -0.2) is 6.16 Å². The Labute approximate surface area is 67.1 Å². The van der Waals surface area contributed by atoms with E-state index in [9.17, 15) is 0 Å². The van der Waals surface area contributed by atoms with Gasteiger partial charge in [-0.15, -0.1) is 0 Å². The van der Waals surface area contributed by atoms with Gasteiger partial charge in [-0.2, -0.15) is 0 Å². The van der Waals surface area contributed by atoms with Gasteiger partial charge in [0.2, 0.25) is 0 Å². The first-order valence-corrected chi connectivity index (χ1v) is 0.612. The van der Waals surface area contributed by atoms with Gasteiger partial charge in [0.1, 0.15) is 0 Å². The zero-order valence-electron chi connectivity index (χ0n) is 2.60. The fraction of sp³-hybridized carbons (Fsp3) is 0. The molecule has 0 atom stereocenters. The van der Waals surface area contributed by atoms with E-state index in [1.54, 1.807) is 0 Å². The van der Waals surface area contributed by atoms with Gasteiger partial charge in [-0.25, -0.2) is 0 Å². The number of carbonyl (C=O) groups is 1. The van der Waals surface area contributed by atoms with Gasteiger partial charge in [0.05, 0.1) is 0 Å². The van der Waals surface area contributed by atoms with Gasteiger partial charge in [0.25, 0.3) is 0 Å². The molecular formula is CCeFO3.